The second-order valence-electron chi connectivity index (χ2n) is 10.9. The van der Waals surface area contributed by atoms with Gasteiger partial charge in [-0.3, -0.25) is 0 Å². The number of imidazole rings is 1. The molecule has 8 heteroatoms. The fourth-order valence-corrected chi connectivity index (χ4v) is 6.77. The maximum absolute atomic E-state index is 11.9. The fraction of sp³-hybridized carbons (Fsp3) is 0.303. The summed E-state index contributed by atoms with van der Waals surface area (Å²) in [5.74, 6) is 8.18. The van der Waals surface area contributed by atoms with Crippen molar-refractivity contribution in [2.45, 2.75) is 49.3 Å². The van der Waals surface area contributed by atoms with Gasteiger partial charge in [0.05, 0.1) is 26.5 Å². The Hall–Kier alpha value is -4.61. The highest BCUT2D eigenvalue weighted by atomic mass is 16.5. The van der Waals surface area contributed by atoms with Crippen LogP contribution in [0.5, 0.6) is 28.7 Å². The normalized spacial score (nSPS) is 23.8. The number of nitrogens with zero attached hydrogens (tertiary/aromatic N) is 2. The van der Waals surface area contributed by atoms with E-state index in [-0.39, 0.29) is 23.5 Å². The number of benzene rings is 3. The molecule has 3 aromatic carbocycles. The highest BCUT2D eigenvalue weighted by molar-refractivity contribution is 5.83. The lowest BCUT2D eigenvalue weighted by atomic mass is 9.70. The van der Waals surface area contributed by atoms with E-state index < -0.39 is 18.1 Å². The molecule has 0 radical (unpaired) electrons. The number of methoxy groups -OCH3 is 2. The zero-order valence-electron chi connectivity index (χ0n) is 22.7. The Kier molecular flexibility index (Phi) is 6.06. The van der Waals surface area contributed by atoms with Gasteiger partial charge in [0.15, 0.2) is 17.6 Å². The van der Waals surface area contributed by atoms with E-state index in [9.17, 15) is 15.3 Å². The summed E-state index contributed by atoms with van der Waals surface area (Å²) in [7, 11) is 3.14. The second kappa shape index (κ2) is 9.79. The predicted octanol–water partition coefficient (Wildman–Crippen LogP) is 5.23. The molecular formula is C33H30N2O6. The van der Waals surface area contributed by atoms with E-state index in [0.29, 0.717) is 35.7 Å². The third kappa shape index (κ3) is 4.08. The number of aromatic nitrogens is 2. The zero-order chi connectivity index (χ0) is 28.2. The number of phenolic OH excluding ortho intramolecular Hbond substituents is 2. The van der Waals surface area contributed by atoms with Crippen LogP contribution in [0, 0.1) is 11.8 Å². The number of aromatic hydroxyl groups is 2. The van der Waals surface area contributed by atoms with Gasteiger partial charge in [0.2, 0.25) is 0 Å². The minimum atomic E-state index is -0.978. The van der Waals surface area contributed by atoms with E-state index in [1.54, 1.807) is 37.6 Å². The molecule has 0 saturated heterocycles. The summed E-state index contributed by atoms with van der Waals surface area (Å²) in [4.78, 5) is 4.28. The predicted molar refractivity (Wildman–Crippen MR) is 152 cm³/mol. The Bertz CT molecular complexity index is 1700. The van der Waals surface area contributed by atoms with Gasteiger partial charge in [-0.2, -0.15) is 0 Å². The van der Waals surface area contributed by atoms with E-state index in [2.05, 4.69) is 21.4 Å². The standard InChI is InChI=1S/C33H30N2O6/c1-39-26-15-18(6-9-25(26)37)33-32(38)24-5-3-4-21(35-11-10-34-17-35)13-20-12-19-14-22(36)7-8-23(19)30-27(40-2)16-28(41-33)31(24)29(20)30/h6-11,14-17,20-21,24,32-33,36-38H,4,12-13H2,1-2H3/t20-,21-,24-,32-,33-/m1/s1. The summed E-state index contributed by atoms with van der Waals surface area (Å²) in [5.41, 5.74) is 5.63. The van der Waals surface area contributed by atoms with Gasteiger partial charge in [0, 0.05) is 42.0 Å². The van der Waals surface area contributed by atoms with E-state index >= 15 is 0 Å². The molecule has 7 rings (SSSR count). The van der Waals surface area contributed by atoms with Crippen LogP contribution in [-0.4, -0.2) is 45.2 Å². The summed E-state index contributed by atoms with van der Waals surface area (Å²) in [5, 5.41) is 32.4. The molecule has 208 valence electrons. The van der Waals surface area contributed by atoms with Crippen molar-refractivity contribution in [2.24, 2.45) is 0 Å². The zero-order valence-corrected chi connectivity index (χ0v) is 22.7. The van der Waals surface area contributed by atoms with Gasteiger partial charge in [0.25, 0.3) is 0 Å². The Labute approximate surface area is 237 Å². The molecule has 3 N–H and O–H groups in total. The SMILES string of the molecule is COc1cc([C@H]2Oc3cc(OC)c4c5c3[C@@H](C#CC[C@@H](n3ccnc3)C[C@H]5Cc3cc(O)ccc3-4)[C@H]2O)ccc1O. The minimum absolute atomic E-state index is 0.0120. The quantitative estimate of drug-likeness (QED) is 0.299. The number of hydrogen-bond acceptors (Lipinski definition) is 7. The number of hydrogen-bond donors (Lipinski definition) is 3. The molecule has 0 amide bonds. The first-order valence-corrected chi connectivity index (χ1v) is 13.7. The maximum Gasteiger partial charge on any atom is 0.160 e. The lowest BCUT2D eigenvalue weighted by Gasteiger charge is -2.40. The van der Waals surface area contributed by atoms with E-state index in [0.717, 1.165) is 34.2 Å². The first kappa shape index (κ1) is 25.4. The van der Waals surface area contributed by atoms with E-state index in [1.165, 1.54) is 7.11 Å². The molecule has 3 aliphatic rings. The molecule has 0 saturated carbocycles. The molecule has 1 aliphatic heterocycles. The monoisotopic (exact) mass is 550 g/mol. The third-order valence-electron chi connectivity index (χ3n) is 8.63. The maximum atomic E-state index is 11.9. The Morgan fingerprint density at radius 1 is 1.02 bits per heavy atom. The average molecular weight is 551 g/mol. The number of fused-ring (bicyclic) bond motifs is 2. The van der Waals surface area contributed by atoms with Crippen LogP contribution < -0.4 is 14.2 Å². The van der Waals surface area contributed by atoms with Crippen molar-refractivity contribution in [1.29, 1.82) is 0 Å². The largest absolute Gasteiger partial charge is 0.508 e. The number of aliphatic hydroxyl groups excluding tert-OH is 1. The minimum Gasteiger partial charge on any atom is -0.508 e. The molecule has 8 nitrogen and oxygen atoms in total. The molecule has 1 aromatic heterocycles. The van der Waals surface area contributed by atoms with Crippen LogP contribution in [0.15, 0.2) is 61.2 Å². The van der Waals surface area contributed by atoms with Crippen LogP contribution in [0.2, 0.25) is 0 Å². The Balaban J connectivity index is 1.46. The van der Waals surface area contributed by atoms with Gasteiger partial charge in [-0.15, -0.1) is 5.92 Å². The third-order valence-corrected chi connectivity index (χ3v) is 8.63. The van der Waals surface area contributed by atoms with Crippen LogP contribution in [0.3, 0.4) is 0 Å². The van der Waals surface area contributed by atoms with Crippen LogP contribution in [0.1, 0.15) is 59.1 Å². The molecule has 4 aromatic rings. The van der Waals surface area contributed by atoms with Crippen LogP contribution in [0.25, 0.3) is 11.1 Å². The summed E-state index contributed by atoms with van der Waals surface area (Å²) >= 11 is 0. The highest BCUT2D eigenvalue weighted by Crippen LogP contribution is 2.56. The van der Waals surface area contributed by atoms with Gasteiger partial charge in [0.1, 0.15) is 23.4 Å². The summed E-state index contributed by atoms with van der Waals surface area (Å²) < 4.78 is 20.0. The lowest BCUT2D eigenvalue weighted by Crippen LogP contribution is -2.35. The van der Waals surface area contributed by atoms with Gasteiger partial charge >= 0.3 is 0 Å². The number of ether oxygens (including phenoxy) is 3. The number of aliphatic hydroxyl groups is 1. The van der Waals surface area contributed by atoms with Crippen molar-refractivity contribution in [3.63, 3.8) is 0 Å². The average Bonchev–Trinajstić information content (AvgIpc) is 3.53. The lowest BCUT2D eigenvalue weighted by molar-refractivity contribution is 0.0113. The first-order chi connectivity index (χ1) is 20.0. The van der Waals surface area contributed by atoms with Crippen molar-refractivity contribution < 1.29 is 29.5 Å². The topological polar surface area (TPSA) is 106 Å². The summed E-state index contributed by atoms with van der Waals surface area (Å²) in [6.07, 6.45) is 5.94. The highest BCUT2D eigenvalue weighted by Gasteiger charge is 2.44. The van der Waals surface area contributed by atoms with Crippen LogP contribution >= 0.6 is 0 Å². The number of rotatable bonds is 4. The summed E-state index contributed by atoms with van der Waals surface area (Å²) in [6, 6.07) is 12.4. The Morgan fingerprint density at radius 3 is 2.66 bits per heavy atom. The molecule has 0 unspecified atom stereocenters. The van der Waals surface area contributed by atoms with Crippen molar-refractivity contribution in [3.8, 4) is 51.7 Å². The molecule has 0 bridgehead atoms. The Morgan fingerprint density at radius 2 is 1.88 bits per heavy atom. The van der Waals surface area contributed by atoms with Gasteiger partial charge in [-0.1, -0.05) is 18.1 Å². The van der Waals surface area contributed by atoms with Gasteiger partial charge < -0.3 is 34.1 Å². The molecule has 0 spiro atoms. The molecule has 2 aliphatic carbocycles. The molecule has 41 heavy (non-hydrogen) atoms. The molecule has 5 atom stereocenters. The van der Waals surface area contributed by atoms with Crippen molar-refractivity contribution >= 4 is 0 Å². The smallest absolute Gasteiger partial charge is 0.160 e. The van der Waals surface area contributed by atoms with E-state index in [1.807, 2.05) is 30.7 Å². The van der Waals surface area contributed by atoms with Crippen molar-refractivity contribution in [1.82, 2.24) is 9.55 Å². The second-order valence-corrected chi connectivity index (χ2v) is 10.9. The molecular weight excluding hydrogens is 520 g/mol. The fourth-order valence-electron chi connectivity index (χ4n) is 6.77. The number of phenols is 2. The van der Waals surface area contributed by atoms with E-state index in [4.69, 9.17) is 14.2 Å². The molecule has 2 heterocycles. The van der Waals surface area contributed by atoms with Gasteiger partial charge in [-0.05, 0) is 65.3 Å². The van der Waals surface area contributed by atoms with Crippen LogP contribution in [-0.2, 0) is 6.42 Å². The molecule has 0 fully saturated rings. The van der Waals surface area contributed by atoms with Crippen molar-refractivity contribution in [3.05, 3.63) is 83.4 Å². The first-order valence-electron chi connectivity index (χ1n) is 13.7. The van der Waals surface area contributed by atoms with Crippen molar-refractivity contribution in [2.75, 3.05) is 14.2 Å². The van der Waals surface area contributed by atoms with Gasteiger partial charge in [-0.25, -0.2) is 4.98 Å². The summed E-state index contributed by atoms with van der Waals surface area (Å²) in [6.45, 7) is 0. The van der Waals surface area contributed by atoms with Crippen LogP contribution in [0.4, 0.5) is 0 Å².